The molecule has 13 heavy (non-hydrogen) atoms. The minimum atomic E-state index is -0.00481. The zero-order valence-corrected chi connectivity index (χ0v) is 8.29. The van der Waals surface area contributed by atoms with Crippen molar-refractivity contribution >= 4 is 5.78 Å². The summed E-state index contributed by atoms with van der Waals surface area (Å²) in [7, 11) is 4.01. The fraction of sp³-hybridized carbons (Fsp3) is 0.700. The van der Waals surface area contributed by atoms with Crippen LogP contribution in [0.3, 0.4) is 0 Å². The molecule has 0 spiro atoms. The highest BCUT2D eigenvalue weighted by Crippen LogP contribution is 2.08. The maximum absolute atomic E-state index is 11.5. The number of hydrogen-bond donors (Lipinski definition) is 0. The van der Waals surface area contributed by atoms with Gasteiger partial charge in [-0.2, -0.15) is 0 Å². The molecular formula is C10H16N2O. The van der Waals surface area contributed by atoms with Crippen molar-refractivity contribution in [3.8, 4) is 12.3 Å². The maximum Gasteiger partial charge on any atom is 0.163 e. The van der Waals surface area contributed by atoms with E-state index in [2.05, 4.69) is 15.7 Å². The van der Waals surface area contributed by atoms with Gasteiger partial charge < -0.3 is 4.90 Å². The molecule has 3 nitrogen and oxygen atoms in total. The Morgan fingerprint density at radius 1 is 1.54 bits per heavy atom. The lowest BCUT2D eigenvalue weighted by molar-refractivity contribution is -0.124. The van der Waals surface area contributed by atoms with E-state index in [1.807, 2.05) is 14.1 Å². The summed E-state index contributed by atoms with van der Waals surface area (Å²) < 4.78 is 0. The molecule has 1 heterocycles. The lowest BCUT2D eigenvalue weighted by atomic mass is 10.1. The monoisotopic (exact) mass is 180 g/mol. The fourth-order valence-electron chi connectivity index (χ4n) is 1.58. The predicted octanol–water partition coefficient (Wildman–Crippen LogP) is -0.175. The van der Waals surface area contributed by atoms with Crippen LogP contribution in [0, 0.1) is 12.3 Å². The van der Waals surface area contributed by atoms with Crippen LogP contribution in [0.5, 0.6) is 0 Å². The quantitative estimate of drug-likeness (QED) is 0.551. The molecule has 0 aliphatic carbocycles. The van der Waals surface area contributed by atoms with Gasteiger partial charge in [0.25, 0.3) is 0 Å². The minimum Gasteiger partial charge on any atom is -0.303 e. The summed E-state index contributed by atoms with van der Waals surface area (Å²) in [6.07, 6.45) is 5.37. The van der Waals surface area contributed by atoms with Crippen LogP contribution >= 0.6 is 0 Å². The van der Waals surface area contributed by atoms with Crippen molar-refractivity contribution in [2.45, 2.75) is 12.5 Å². The van der Waals surface area contributed by atoms with Gasteiger partial charge in [-0.15, -0.1) is 6.42 Å². The van der Waals surface area contributed by atoms with Crippen molar-refractivity contribution in [3.63, 3.8) is 0 Å². The van der Waals surface area contributed by atoms with E-state index in [0.717, 1.165) is 19.6 Å². The number of hydrogen-bond acceptors (Lipinski definition) is 3. The molecule has 1 rings (SSSR count). The molecule has 0 N–H and O–H groups in total. The summed E-state index contributed by atoms with van der Waals surface area (Å²) in [5, 5.41) is 0. The van der Waals surface area contributed by atoms with E-state index in [4.69, 9.17) is 6.42 Å². The third kappa shape index (κ3) is 2.55. The minimum absolute atomic E-state index is 0.00481. The molecule has 1 saturated heterocycles. The summed E-state index contributed by atoms with van der Waals surface area (Å²) in [4.78, 5) is 15.8. The van der Waals surface area contributed by atoms with Crippen molar-refractivity contribution in [1.82, 2.24) is 9.80 Å². The number of Topliss-reactive ketones (excluding diaryl/α,β-unsaturated/α-hetero) is 1. The number of terminal acetylenes is 1. The van der Waals surface area contributed by atoms with Gasteiger partial charge in [-0.1, -0.05) is 5.92 Å². The van der Waals surface area contributed by atoms with Crippen LogP contribution < -0.4 is 0 Å². The summed E-state index contributed by atoms with van der Waals surface area (Å²) in [6.45, 7) is 2.77. The van der Waals surface area contributed by atoms with Gasteiger partial charge in [0.2, 0.25) is 0 Å². The number of rotatable bonds is 2. The first-order valence-corrected chi connectivity index (χ1v) is 4.50. The molecule has 1 atom stereocenters. The van der Waals surface area contributed by atoms with Gasteiger partial charge in [0.05, 0.1) is 12.5 Å². The van der Waals surface area contributed by atoms with E-state index >= 15 is 0 Å². The Morgan fingerprint density at radius 2 is 2.23 bits per heavy atom. The zero-order chi connectivity index (χ0) is 9.84. The van der Waals surface area contributed by atoms with E-state index in [9.17, 15) is 4.79 Å². The van der Waals surface area contributed by atoms with Crippen LogP contribution in [0.15, 0.2) is 0 Å². The van der Waals surface area contributed by atoms with Crippen LogP contribution in [-0.2, 0) is 4.79 Å². The Kier molecular flexibility index (Phi) is 3.47. The highest BCUT2D eigenvalue weighted by Gasteiger charge is 2.27. The molecule has 3 heteroatoms. The highest BCUT2D eigenvalue weighted by atomic mass is 16.1. The maximum atomic E-state index is 11.5. The molecule has 0 bridgehead atoms. The fourth-order valence-corrected chi connectivity index (χ4v) is 1.58. The summed E-state index contributed by atoms with van der Waals surface area (Å²) in [6, 6.07) is -0.00481. The molecule has 1 fully saturated rings. The third-order valence-corrected chi connectivity index (χ3v) is 2.50. The summed E-state index contributed by atoms with van der Waals surface area (Å²) >= 11 is 0. The molecule has 1 unspecified atom stereocenters. The van der Waals surface area contributed by atoms with E-state index in [1.165, 1.54) is 0 Å². The molecule has 0 saturated carbocycles. The van der Waals surface area contributed by atoms with Gasteiger partial charge in [0, 0.05) is 19.6 Å². The van der Waals surface area contributed by atoms with Crippen LogP contribution in [-0.4, -0.2) is 55.4 Å². The van der Waals surface area contributed by atoms with Gasteiger partial charge in [-0.05, 0) is 14.1 Å². The van der Waals surface area contributed by atoms with Crippen molar-refractivity contribution in [1.29, 1.82) is 0 Å². The first-order chi connectivity index (χ1) is 6.15. The topological polar surface area (TPSA) is 23.6 Å². The first-order valence-electron chi connectivity index (χ1n) is 4.50. The number of likely N-dealkylation sites (N-methyl/N-ethyl adjacent to an activating group) is 2. The van der Waals surface area contributed by atoms with Crippen LogP contribution in [0.25, 0.3) is 0 Å². The van der Waals surface area contributed by atoms with E-state index in [0.29, 0.717) is 0 Å². The average Bonchev–Trinajstić information content (AvgIpc) is 2.09. The molecule has 1 aliphatic heterocycles. The molecule has 0 aromatic rings. The van der Waals surface area contributed by atoms with Crippen molar-refractivity contribution in [2.75, 3.05) is 33.7 Å². The predicted molar refractivity (Wildman–Crippen MR) is 52.4 cm³/mol. The third-order valence-electron chi connectivity index (χ3n) is 2.50. The van der Waals surface area contributed by atoms with E-state index in [-0.39, 0.29) is 18.2 Å². The number of nitrogens with zero attached hydrogens (tertiary/aromatic N) is 2. The van der Waals surface area contributed by atoms with Gasteiger partial charge in [-0.25, -0.2) is 0 Å². The molecule has 0 radical (unpaired) electrons. The van der Waals surface area contributed by atoms with Crippen molar-refractivity contribution < 1.29 is 4.79 Å². The van der Waals surface area contributed by atoms with Crippen molar-refractivity contribution in [3.05, 3.63) is 0 Å². The average molecular weight is 180 g/mol. The lowest BCUT2D eigenvalue weighted by Gasteiger charge is -2.36. The van der Waals surface area contributed by atoms with Gasteiger partial charge in [-0.3, -0.25) is 9.69 Å². The second-order valence-corrected chi connectivity index (χ2v) is 3.61. The molecule has 72 valence electrons. The molecule has 1 aliphatic rings. The summed E-state index contributed by atoms with van der Waals surface area (Å²) in [5.74, 6) is 2.57. The van der Waals surface area contributed by atoms with E-state index in [1.54, 1.807) is 0 Å². The van der Waals surface area contributed by atoms with E-state index < -0.39 is 0 Å². The van der Waals surface area contributed by atoms with Crippen LogP contribution in [0.2, 0.25) is 0 Å². The van der Waals surface area contributed by atoms with Crippen LogP contribution in [0.1, 0.15) is 6.42 Å². The smallest absolute Gasteiger partial charge is 0.163 e. The Hall–Kier alpha value is -0.850. The lowest BCUT2D eigenvalue weighted by Crippen LogP contribution is -2.53. The Balaban J connectivity index is 2.56. The summed E-state index contributed by atoms with van der Waals surface area (Å²) in [5.41, 5.74) is 0. The first kappa shape index (κ1) is 10.2. The van der Waals surface area contributed by atoms with Crippen LogP contribution in [0.4, 0.5) is 0 Å². The van der Waals surface area contributed by atoms with Gasteiger partial charge in [0.1, 0.15) is 0 Å². The second kappa shape index (κ2) is 4.40. The standard InChI is InChI=1S/C10H16N2O/c1-4-5-10(13)9-8-11(2)6-7-12(9)3/h1,9H,5-8H2,2-3H3. The molecular weight excluding hydrogens is 164 g/mol. The number of ketones is 1. The van der Waals surface area contributed by atoms with Gasteiger partial charge in [0.15, 0.2) is 5.78 Å². The highest BCUT2D eigenvalue weighted by molar-refractivity contribution is 5.86. The second-order valence-electron chi connectivity index (χ2n) is 3.61. The normalized spacial score (nSPS) is 25.5. The van der Waals surface area contributed by atoms with Gasteiger partial charge >= 0.3 is 0 Å². The number of carbonyl (C=O) groups is 1. The molecule has 0 aromatic carbocycles. The largest absolute Gasteiger partial charge is 0.303 e. The number of piperazine rings is 1. The Morgan fingerprint density at radius 3 is 2.85 bits per heavy atom. The molecule has 0 amide bonds. The number of carbonyl (C=O) groups excluding carboxylic acids is 1. The van der Waals surface area contributed by atoms with Crippen molar-refractivity contribution in [2.24, 2.45) is 0 Å². The Labute approximate surface area is 79.7 Å². The SMILES string of the molecule is C#CCC(=O)C1CN(C)CCN1C. The molecule has 0 aromatic heterocycles. The zero-order valence-electron chi connectivity index (χ0n) is 8.29. The Bertz CT molecular complexity index is 232.